The molecule has 1 N–H and O–H groups in total. The second-order valence-electron chi connectivity index (χ2n) is 3.78. The fraction of sp³-hybridized carbons (Fsp3) is 0.636. The normalized spacial score (nSPS) is 27.8. The number of hydrogen-bond donors (Lipinski definition) is 1. The molecule has 2 nitrogen and oxygen atoms in total. The van der Waals surface area contributed by atoms with Crippen molar-refractivity contribution in [3.8, 4) is 0 Å². The van der Waals surface area contributed by atoms with Crippen LogP contribution in [0.3, 0.4) is 0 Å². The summed E-state index contributed by atoms with van der Waals surface area (Å²) >= 11 is 2.07. The molecule has 2 unspecified atom stereocenters. The summed E-state index contributed by atoms with van der Waals surface area (Å²) in [5.41, 5.74) is 0. The minimum absolute atomic E-state index is 0.652. The van der Waals surface area contributed by atoms with Crippen LogP contribution in [0.2, 0.25) is 0 Å². The van der Waals surface area contributed by atoms with Gasteiger partial charge < -0.3 is 9.73 Å². The average Bonchev–Trinajstić information content (AvgIpc) is 2.69. The third-order valence-electron chi connectivity index (χ3n) is 2.73. The molecule has 1 saturated heterocycles. The van der Waals surface area contributed by atoms with E-state index in [-0.39, 0.29) is 0 Å². The molecule has 0 aliphatic carbocycles. The van der Waals surface area contributed by atoms with Gasteiger partial charge >= 0.3 is 0 Å². The number of hydrogen-bond acceptors (Lipinski definition) is 3. The van der Waals surface area contributed by atoms with Crippen LogP contribution < -0.4 is 5.32 Å². The van der Waals surface area contributed by atoms with Crippen molar-refractivity contribution in [2.45, 2.75) is 37.6 Å². The molecule has 0 amide bonds. The van der Waals surface area contributed by atoms with Gasteiger partial charge in [0.15, 0.2) is 0 Å². The highest BCUT2D eigenvalue weighted by Gasteiger charge is 2.20. The van der Waals surface area contributed by atoms with E-state index in [1.54, 1.807) is 6.26 Å². The third kappa shape index (κ3) is 2.55. The lowest BCUT2D eigenvalue weighted by atomic mass is 10.1. The van der Waals surface area contributed by atoms with Gasteiger partial charge in [0.1, 0.15) is 5.76 Å². The lowest BCUT2D eigenvalue weighted by Gasteiger charge is -2.28. The molecule has 3 heteroatoms. The Morgan fingerprint density at radius 2 is 2.57 bits per heavy atom. The van der Waals surface area contributed by atoms with E-state index in [0.29, 0.717) is 6.04 Å². The Kier molecular flexibility index (Phi) is 3.54. The summed E-state index contributed by atoms with van der Waals surface area (Å²) in [6.45, 7) is 3.17. The van der Waals surface area contributed by atoms with Crippen LogP contribution in [0.4, 0.5) is 0 Å². The van der Waals surface area contributed by atoms with E-state index in [0.717, 1.165) is 17.6 Å². The summed E-state index contributed by atoms with van der Waals surface area (Å²) in [4.78, 5) is 0. The van der Waals surface area contributed by atoms with Crippen molar-refractivity contribution in [2.24, 2.45) is 0 Å². The minimum Gasteiger partial charge on any atom is -0.468 e. The van der Waals surface area contributed by atoms with Crippen LogP contribution >= 0.6 is 11.8 Å². The zero-order chi connectivity index (χ0) is 9.80. The lowest BCUT2D eigenvalue weighted by Crippen LogP contribution is -2.38. The van der Waals surface area contributed by atoms with Crippen molar-refractivity contribution in [3.05, 3.63) is 24.2 Å². The number of rotatable bonds is 3. The Balaban J connectivity index is 1.79. The maximum atomic E-state index is 5.29. The fourth-order valence-corrected chi connectivity index (χ4v) is 3.01. The first kappa shape index (κ1) is 10.1. The third-order valence-corrected chi connectivity index (χ3v) is 4.10. The van der Waals surface area contributed by atoms with Gasteiger partial charge in [-0.15, -0.1) is 0 Å². The summed E-state index contributed by atoms with van der Waals surface area (Å²) < 4.78 is 5.29. The predicted octanol–water partition coefficient (Wildman–Crippen LogP) is 2.65. The van der Waals surface area contributed by atoms with Crippen molar-refractivity contribution in [1.82, 2.24) is 5.32 Å². The van der Waals surface area contributed by atoms with Crippen molar-refractivity contribution >= 4 is 11.8 Å². The molecule has 0 saturated carbocycles. The van der Waals surface area contributed by atoms with E-state index in [4.69, 9.17) is 4.42 Å². The van der Waals surface area contributed by atoms with Gasteiger partial charge in [-0.25, -0.2) is 0 Å². The highest BCUT2D eigenvalue weighted by molar-refractivity contribution is 7.99. The Labute approximate surface area is 89.4 Å². The molecule has 78 valence electrons. The quantitative estimate of drug-likeness (QED) is 0.832. The first-order chi connectivity index (χ1) is 6.86. The van der Waals surface area contributed by atoms with Gasteiger partial charge in [0, 0.05) is 11.3 Å². The fourth-order valence-electron chi connectivity index (χ4n) is 1.84. The average molecular weight is 211 g/mol. The summed E-state index contributed by atoms with van der Waals surface area (Å²) in [5, 5.41) is 4.29. The van der Waals surface area contributed by atoms with Crippen LogP contribution in [0.5, 0.6) is 0 Å². The summed E-state index contributed by atoms with van der Waals surface area (Å²) in [6.07, 6.45) is 4.37. The molecule has 2 heterocycles. The van der Waals surface area contributed by atoms with Gasteiger partial charge in [0.25, 0.3) is 0 Å². The maximum absolute atomic E-state index is 5.29. The van der Waals surface area contributed by atoms with E-state index in [1.165, 1.54) is 18.6 Å². The highest BCUT2D eigenvalue weighted by atomic mass is 32.2. The molecule has 14 heavy (non-hydrogen) atoms. The topological polar surface area (TPSA) is 25.2 Å². The maximum Gasteiger partial charge on any atom is 0.117 e. The van der Waals surface area contributed by atoms with E-state index < -0.39 is 0 Å². The van der Waals surface area contributed by atoms with Crippen molar-refractivity contribution in [3.63, 3.8) is 0 Å². The predicted molar refractivity (Wildman–Crippen MR) is 60.5 cm³/mol. The molecule has 1 aromatic heterocycles. The second kappa shape index (κ2) is 4.89. The largest absolute Gasteiger partial charge is 0.468 e. The zero-order valence-corrected chi connectivity index (χ0v) is 9.35. The second-order valence-corrected chi connectivity index (χ2v) is 5.27. The van der Waals surface area contributed by atoms with E-state index >= 15 is 0 Å². The molecular formula is C11H17NOS. The molecule has 1 aliphatic rings. The van der Waals surface area contributed by atoms with Gasteiger partial charge in [-0.1, -0.05) is 6.92 Å². The van der Waals surface area contributed by atoms with E-state index in [9.17, 15) is 0 Å². The van der Waals surface area contributed by atoms with Gasteiger partial charge in [0.2, 0.25) is 0 Å². The van der Waals surface area contributed by atoms with Crippen molar-refractivity contribution in [2.75, 3.05) is 5.75 Å². The molecule has 1 fully saturated rings. The summed E-state index contributed by atoms with van der Waals surface area (Å²) in [6, 6.07) is 4.61. The van der Waals surface area contributed by atoms with Crippen LogP contribution in [-0.4, -0.2) is 17.0 Å². The Morgan fingerprint density at radius 3 is 3.29 bits per heavy atom. The molecule has 0 spiro atoms. The number of thioether (sulfide) groups is 1. The molecule has 0 aromatic carbocycles. The zero-order valence-electron chi connectivity index (χ0n) is 8.53. The Bertz CT molecular complexity index is 260. The van der Waals surface area contributed by atoms with Gasteiger partial charge in [-0.3, -0.25) is 0 Å². The number of furan rings is 1. The molecule has 0 bridgehead atoms. The molecule has 1 aromatic rings. The van der Waals surface area contributed by atoms with Crippen LogP contribution in [0.15, 0.2) is 22.8 Å². The van der Waals surface area contributed by atoms with Crippen LogP contribution in [0, 0.1) is 0 Å². The minimum atomic E-state index is 0.652. The first-order valence-corrected chi connectivity index (χ1v) is 6.28. The SMILES string of the molecule is CC1SCCCC1NCc1ccco1. The first-order valence-electron chi connectivity index (χ1n) is 5.23. The molecular weight excluding hydrogens is 194 g/mol. The highest BCUT2D eigenvalue weighted by Crippen LogP contribution is 2.25. The van der Waals surface area contributed by atoms with E-state index in [2.05, 4.69) is 24.0 Å². The molecule has 1 aliphatic heterocycles. The molecule has 2 rings (SSSR count). The van der Waals surface area contributed by atoms with Gasteiger partial charge in [-0.2, -0.15) is 11.8 Å². The van der Waals surface area contributed by atoms with Crippen LogP contribution in [0.25, 0.3) is 0 Å². The summed E-state index contributed by atoms with van der Waals surface area (Å²) in [7, 11) is 0. The van der Waals surface area contributed by atoms with Gasteiger partial charge in [0.05, 0.1) is 12.8 Å². The molecule has 0 radical (unpaired) electrons. The van der Waals surface area contributed by atoms with Gasteiger partial charge in [-0.05, 0) is 30.7 Å². The van der Waals surface area contributed by atoms with Crippen LogP contribution in [-0.2, 0) is 6.54 Å². The smallest absolute Gasteiger partial charge is 0.117 e. The van der Waals surface area contributed by atoms with Crippen molar-refractivity contribution in [1.29, 1.82) is 0 Å². The standard InChI is InChI=1S/C11H17NOS/c1-9-11(5-3-7-14-9)12-8-10-4-2-6-13-10/h2,4,6,9,11-12H,3,5,7-8H2,1H3. The Morgan fingerprint density at radius 1 is 1.64 bits per heavy atom. The van der Waals surface area contributed by atoms with Crippen LogP contribution in [0.1, 0.15) is 25.5 Å². The lowest BCUT2D eigenvalue weighted by molar-refractivity contribution is 0.418. The monoisotopic (exact) mass is 211 g/mol. The summed E-state index contributed by atoms with van der Waals surface area (Å²) in [5.74, 6) is 2.35. The van der Waals surface area contributed by atoms with E-state index in [1.807, 2.05) is 12.1 Å². The number of nitrogens with one attached hydrogen (secondary N) is 1. The Hall–Kier alpha value is -0.410. The molecule has 2 atom stereocenters. The van der Waals surface area contributed by atoms with Crippen molar-refractivity contribution < 1.29 is 4.42 Å².